The minimum Gasteiger partial charge on any atom is -0.390 e. The summed E-state index contributed by atoms with van der Waals surface area (Å²) in [7, 11) is 0. The van der Waals surface area contributed by atoms with Gasteiger partial charge in [-0.15, -0.1) is 0 Å². The molecule has 4 nitrogen and oxygen atoms in total. The van der Waals surface area contributed by atoms with Crippen LogP contribution in [0, 0.1) is 46.3 Å². The molecular weight excluding hydrogens is 412 g/mol. The highest BCUT2D eigenvalue weighted by molar-refractivity contribution is 5.95. The van der Waals surface area contributed by atoms with Gasteiger partial charge in [0, 0.05) is 11.3 Å². The van der Waals surface area contributed by atoms with E-state index >= 15 is 0 Å². The maximum absolute atomic E-state index is 13.3. The third-order valence-corrected chi connectivity index (χ3v) is 11.3. The highest BCUT2D eigenvalue weighted by Crippen LogP contribution is 2.68. The van der Waals surface area contributed by atoms with E-state index in [2.05, 4.69) is 41.5 Å². The maximum atomic E-state index is 13.3. The first kappa shape index (κ1) is 25.4. The van der Waals surface area contributed by atoms with Gasteiger partial charge in [0.25, 0.3) is 0 Å². The monoisotopic (exact) mass is 460 g/mol. The summed E-state index contributed by atoms with van der Waals surface area (Å²) in [5.74, 6) is 2.41. The minimum absolute atomic E-state index is 0.0478. The third kappa shape index (κ3) is 3.78. The Morgan fingerprint density at radius 1 is 1.03 bits per heavy atom. The second-order valence-electron chi connectivity index (χ2n) is 13.1. The fraction of sp³-hybridized carbons (Fsp3) is 0.897. The van der Waals surface area contributed by atoms with Crippen LogP contribution in [0.15, 0.2) is 11.6 Å². The molecule has 0 spiro atoms. The van der Waals surface area contributed by atoms with Crippen LogP contribution < -0.4 is 0 Å². The number of rotatable bonds is 6. The number of hydrogen-bond acceptors (Lipinski definition) is 4. The van der Waals surface area contributed by atoms with Crippen LogP contribution in [0.2, 0.25) is 0 Å². The van der Waals surface area contributed by atoms with E-state index in [0.717, 1.165) is 37.2 Å². The summed E-state index contributed by atoms with van der Waals surface area (Å²) in [6, 6.07) is 0. The van der Waals surface area contributed by atoms with Crippen LogP contribution in [0.3, 0.4) is 0 Å². The predicted octanol–water partition coefficient (Wildman–Crippen LogP) is 5.29. The number of aliphatic hydroxyl groups excluding tert-OH is 2. The van der Waals surface area contributed by atoms with E-state index in [1.807, 2.05) is 0 Å². The summed E-state index contributed by atoms with van der Waals surface area (Å²) in [6.45, 7) is 13.8. The van der Waals surface area contributed by atoms with Gasteiger partial charge in [-0.2, -0.15) is 0 Å². The smallest absolute Gasteiger partial charge is 0.159 e. The van der Waals surface area contributed by atoms with Gasteiger partial charge in [0.05, 0.1) is 17.8 Å². The summed E-state index contributed by atoms with van der Waals surface area (Å²) in [6.07, 6.45) is 8.31. The first-order valence-electron chi connectivity index (χ1n) is 13.7. The lowest BCUT2D eigenvalue weighted by molar-refractivity contribution is -0.153. The van der Waals surface area contributed by atoms with E-state index < -0.39 is 17.8 Å². The number of hydrogen-bond donors (Lipinski definition) is 3. The fourth-order valence-electron chi connectivity index (χ4n) is 9.01. The van der Waals surface area contributed by atoms with Crippen LogP contribution in [-0.4, -0.2) is 38.9 Å². The van der Waals surface area contributed by atoms with Gasteiger partial charge in [-0.25, -0.2) is 0 Å². The Kier molecular flexibility index (Phi) is 6.73. The summed E-state index contributed by atoms with van der Waals surface area (Å²) < 4.78 is 0. The van der Waals surface area contributed by atoms with Crippen LogP contribution in [0.5, 0.6) is 0 Å². The summed E-state index contributed by atoms with van der Waals surface area (Å²) in [4.78, 5) is 13.3. The number of aliphatic hydroxyl groups is 3. The molecule has 4 aliphatic carbocycles. The van der Waals surface area contributed by atoms with E-state index in [-0.39, 0.29) is 28.4 Å². The SMILES string of the molecule is CC[C@H](CC[C@@H](C)[C@H]1CC[C@@]2(O)C3=CC(=O)C4CC(O)C(O)C[C@]4(C)[C@H]3CC[C@]12C)C(C)C. The number of ketones is 1. The van der Waals surface area contributed by atoms with Gasteiger partial charge in [-0.1, -0.05) is 54.4 Å². The molecule has 0 saturated heterocycles. The molecule has 4 aliphatic rings. The largest absolute Gasteiger partial charge is 0.390 e. The molecule has 0 heterocycles. The Labute approximate surface area is 201 Å². The Morgan fingerprint density at radius 2 is 1.73 bits per heavy atom. The normalized spacial score (nSPS) is 46.9. The molecule has 3 unspecified atom stereocenters. The van der Waals surface area contributed by atoms with Crippen molar-refractivity contribution < 1.29 is 20.1 Å². The molecule has 3 saturated carbocycles. The van der Waals surface area contributed by atoms with E-state index in [1.165, 1.54) is 19.3 Å². The predicted molar refractivity (Wildman–Crippen MR) is 131 cm³/mol. The lowest BCUT2D eigenvalue weighted by atomic mass is 9.46. The number of carbonyl (C=O) groups is 1. The first-order valence-corrected chi connectivity index (χ1v) is 13.7. The molecular formula is C29H48O4. The standard InChI is InChI=1S/C29H48O4/c1-7-19(17(2)3)9-8-18(4)20-11-13-29(33)22-14-24(30)23-15-25(31)26(32)16-27(23,5)21(22)10-12-28(20,29)6/h14,17-21,23,25-26,31-33H,7-13,15-16H2,1-6H3/t18-,19-,20-,21+,23?,25?,26?,27-,28-,29-/m1/s1. The van der Waals surface area contributed by atoms with E-state index in [4.69, 9.17) is 0 Å². The van der Waals surface area contributed by atoms with Crippen LogP contribution in [0.1, 0.15) is 99.3 Å². The molecule has 3 fully saturated rings. The van der Waals surface area contributed by atoms with Crippen LogP contribution in [0.4, 0.5) is 0 Å². The molecule has 0 aromatic rings. The Morgan fingerprint density at radius 3 is 2.36 bits per heavy atom. The van der Waals surface area contributed by atoms with Crippen molar-refractivity contribution in [2.45, 2.75) is 117 Å². The number of allylic oxidation sites excluding steroid dienone is 1. The molecule has 0 aromatic carbocycles. The zero-order valence-electron chi connectivity index (χ0n) is 21.8. The van der Waals surface area contributed by atoms with E-state index in [0.29, 0.717) is 30.6 Å². The molecule has 4 rings (SSSR count). The van der Waals surface area contributed by atoms with E-state index in [1.54, 1.807) is 6.08 Å². The van der Waals surface area contributed by atoms with Gasteiger partial charge in [0.15, 0.2) is 5.78 Å². The highest BCUT2D eigenvalue weighted by Gasteiger charge is 2.66. The Hall–Kier alpha value is -0.710. The molecule has 0 bridgehead atoms. The molecule has 3 N–H and O–H groups in total. The second kappa shape index (κ2) is 8.75. The van der Waals surface area contributed by atoms with Crippen molar-refractivity contribution in [2.75, 3.05) is 0 Å². The van der Waals surface area contributed by atoms with Crippen LogP contribution >= 0.6 is 0 Å². The molecule has 0 aromatic heterocycles. The first-order chi connectivity index (χ1) is 15.4. The Bertz CT molecular complexity index is 788. The van der Waals surface area contributed by atoms with Gasteiger partial charge < -0.3 is 15.3 Å². The van der Waals surface area contributed by atoms with Crippen molar-refractivity contribution in [3.05, 3.63) is 11.6 Å². The highest BCUT2D eigenvalue weighted by atomic mass is 16.3. The average Bonchev–Trinajstić information content (AvgIpc) is 3.02. The number of carbonyl (C=O) groups excluding carboxylic acids is 1. The van der Waals surface area contributed by atoms with Crippen molar-refractivity contribution in [1.82, 2.24) is 0 Å². The molecule has 0 amide bonds. The van der Waals surface area contributed by atoms with Crippen molar-refractivity contribution >= 4 is 5.78 Å². The third-order valence-electron chi connectivity index (χ3n) is 11.3. The van der Waals surface area contributed by atoms with E-state index in [9.17, 15) is 20.1 Å². The van der Waals surface area contributed by atoms with Gasteiger partial charge in [0.1, 0.15) is 0 Å². The summed E-state index contributed by atoms with van der Waals surface area (Å²) in [5.41, 5.74) is -0.565. The van der Waals surface area contributed by atoms with Gasteiger partial charge in [-0.3, -0.25) is 4.79 Å². The molecule has 0 radical (unpaired) electrons. The van der Waals surface area contributed by atoms with Gasteiger partial charge in [0.2, 0.25) is 0 Å². The van der Waals surface area contributed by atoms with Crippen molar-refractivity contribution in [3.8, 4) is 0 Å². The lowest BCUT2D eigenvalue weighted by Gasteiger charge is -2.60. The molecule has 4 heteroatoms. The van der Waals surface area contributed by atoms with Gasteiger partial charge in [-0.05, 0) is 91.6 Å². The average molecular weight is 461 g/mol. The summed E-state index contributed by atoms with van der Waals surface area (Å²) >= 11 is 0. The summed E-state index contributed by atoms with van der Waals surface area (Å²) in [5, 5.41) is 33.1. The van der Waals surface area contributed by atoms with Crippen LogP contribution in [-0.2, 0) is 4.79 Å². The second-order valence-corrected chi connectivity index (χ2v) is 13.1. The zero-order chi connectivity index (χ0) is 24.3. The van der Waals surface area contributed by atoms with Crippen molar-refractivity contribution in [1.29, 1.82) is 0 Å². The maximum Gasteiger partial charge on any atom is 0.159 e. The molecule has 188 valence electrons. The zero-order valence-corrected chi connectivity index (χ0v) is 21.8. The van der Waals surface area contributed by atoms with Crippen LogP contribution in [0.25, 0.3) is 0 Å². The topological polar surface area (TPSA) is 77.8 Å². The Balaban J connectivity index is 1.60. The molecule has 10 atom stereocenters. The van der Waals surface area contributed by atoms with Crippen molar-refractivity contribution in [2.24, 2.45) is 46.3 Å². The molecule has 0 aliphatic heterocycles. The minimum atomic E-state index is -0.929. The fourth-order valence-corrected chi connectivity index (χ4v) is 9.01. The van der Waals surface area contributed by atoms with Crippen molar-refractivity contribution in [3.63, 3.8) is 0 Å². The lowest BCUT2D eigenvalue weighted by Crippen LogP contribution is -2.60. The number of fused-ring (bicyclic) bond motifs is 5. The van der Waals surface area contributed by atoms with Gasteiger partial charge >= 0.3 is 0 Å². The molecule has 33 heavy (non-hydrogen) atoms. The quantitative estimate of drug-likeness (QED) is 0.503.